The maximum absolute atomic E-state index is 12.7. The monoisotopic (exact) mass is 494 g/mol. The lowest BCUT2D eigenvalue weighted by atomic mass is 10.2. The molecular weight excluding hydrogens is 464 g/mol. The molecule has 1 saturated heterocycles. The van der Waals surface area contributed by atoms with Gasteiger partial charge >= 0.3 is 0 Å². The Bertz CT molecular complexity index is 1190. The van der Waals surface area contributed by atoms with Gasteiger partial charge in [-0.15, -0.1) is 0 Å². The lowest BCUT2D eigenvalue weighted by Crippen LogP contribution is -2.35. The van der Waals surface area contributed by atoms with E-state index in [0.717, 1.165) is 36.1 Å². The molecule has 7 nitrogen and oxygen atoms in total. The minimum absolute atomic E-state index is 0.119. The maximum atomic E-state index is 12.7. The average Bonchev–Trinajstić information content (AvgIpc) is 2.91. The van der Waals surface area contributed by atoms with Gasteiger partial charge in [-0.1, -0.05) is 48.9 Å². The van der Waals surface area contributed by atoms with Crippen LogP contribution in [-0.2, 0) is 28.0 Å². The molecule has 1 amide bonds. The van der Waals surface area contributed by atoms with Crippen molar-refractivity contribution < 1.29 is 22.7 Å². The number of hydrogen-bond acceptors (Lipinski definition) is 5. The summed E-state index contributed by atoms with van der Waals surface area (Å²) in [6.45, 7) is 1.80. The molecule has 0 bridgehead atoms. The van der Waals surface area contributed by atoms with Crippen molar-refractivity contribution in [3.8, 4) is 11.5 Å². The van der Waals surface area contributed by atoms with E-state index in [4.69, 9.17) is 9.47 Å². The summed E-state index contributed by atoms with van der Waals surface area (Å²) in [5.74, 6) is 1.02. The van der Waals surface area contributed by atoms with Crippen LogP contribution in [0, 0.1) is 0 Å². The highest BCUT2D eigenvalue weighted by Gasteiger charge is 2.25. The van der Waals surface area contributed by atoms with Crippen LogP contribution in [0.5, 0.6) is 11.5 Å². The number of ether oxygens (including phenoxy) is 2. The highest BCUT2D eigenvalue weighted by Crippen LogP contribution is 2.21. The first-order chi connectivity index (χ1) is 17.0. The Balaban J connectivity index is 1.20. The van der Waals surface area contributed by atoms with E-state index in [0.29, 0.717) is 32.0 Å². The Morgan fingerprint density at radius 3 is 2.06 bits per heavy atom. The number of piperidine rings is 1. The number of sulfonamides is 1. The first kappa shape index (κ1) is 24.8. The van der Waals surface area contributed by atoms with Gasteiger partial charge in [0.05, 0.1) is 4.90 Å². The van der Waals surface area contributed by atoms with Gasteiger partial charge in [-0.3, -0.25) is 4.79 Å². The van der Waals surface area contributed by atoms with Crippen molar-refractivity contribution in [1.29, 1.82) is 0 Å². The Kier molecular flexibility index (Phi) is 8.39. The van der Waals surface area contributed by atoms with Gasteiger partial charge in [-0.05, 0) is 60.4 Å². The number of hydrogen-bond donors (Lipinski definition) is 1. The molecule has 1 aliphatic rings. The molecule has 1 fully saturated rings. The van der Waals surface area contributed by atoms with Gasteiger partial charge in [0.15, 0.2) is 6.61 Å². The summed E-state index contributed by atoms with van der Waals surface area (Å²) in [4.78, 5) is 12.5. The summed E-state index contributed by atoms with van der Waals surface area (Å²) in [5, 5.41) is 2.79. The second-order valence-electron chi connectivity index (χ2n) is 8.42. The smallest absolute Gasteiger partial charge is 0.258 e. The van der Waals surface area contributed by atoms with Gasteiger partial charge in [0.25, 0.3) is 5.91 Å². The number of benzene rings is 3. The molecule has 4 rings (SSSR count). The highest BCUT2D eigenvalue weighted by molar-refractivity contribution is 7.89. The lowest BCUT2D eigenvalue weighted by Gasteiger charge is -2.25. The summed E-state index contributed by atoms with van der Waals surface area (Å²) in [5.41, 5.74) is 1.90. The van der Waals surface area contributed by atoms with Crippen LogP contribution in [0.3, 0.4) is 0 Å². The Morgan fingerprint density at radius 1 is 0.771 bits per heavy atom. The zero-order valence-corrected chi connectivity index (χ0v) is 20.4. The van der Waals surface area contributed by atoms with Crippen LogP contribution in [0.15, 0.2) is 83.8 Å². The number of rotatable bonds is 10. The molecule has 3 aromatic rings. The number of nitrogens with zero attached hydrogens (tertiary/aromatic N) is 1. The standard InChI is InChI=1S/C27H30N2O5S/c30-27(21-34-25-13-11-24(12-14-25)33-20-23-7-3-1-4-8-23)28-19-22-9-15-26(16-10-22)35(31,32)29-17-5-2-6-18-29/h1,3-4,7-16H,2,5-6,17-21H2,(H,28,30). The van der Waals surface area contributed by atoms with E-state index in [1.165, 1.54) is 0 Å². The normalized spacial score (nSPS) is 14.3. The first-order valence-corrected chi connectivity index (χ1v) is 13.2. The van der Waals surface area contributed by atoms with Crippen LogP contribution < -0.4 is 14.8 Å². The molecule has 0 atom stereocenters. The van der Waals surface area contributed by atoms with Crippen LogP contribution in [0.4, 0.5) is 0 Å². The van der Waals surface area contributed by atoms with Crippen LogP contribution in [0.1, 0.15) is 30.4 Å². The largest absolute Gasteiger partial charge is 0.489 e. The molecule has 1 N–H and O–H groups in total. The molecule has 0 aromatic heterocycles. The van der Waals surface area contributed by atoms with Crippen molar-refractivity contribution in [2.24, 2.45) is 0 Å². The summed E-state index contributed by atoms with van der Waals surface area (Å²) >= 11 is 0. The zero-order chi connectivity index (χ0) is 24.5. The van der Waals surface area contributed by atoms with Gasteiger partial charge in [0.2, 0.25) is 10.0 Å². The third kappa shape index (κ3) is 7.07. The van der Waals surface area contributed by atoms with Crippen molar-refractivity contribution in [1.82, 2.24) is 9.62 Å². The second-order valence-corrected chi connectivity index (χ2v) is 10.4. The number of amides is 1. The molecule has 3 aromatic carbocycles. The molecule has 8 heteroatoms. The van der Waals surface area contributed by atoms with E-state index in [1.807, 2.05) is 30.3 Å². The fraction of sp³-hybridized carbons (Fsp3) is 0.296. The number of nitrogens with one attached hydrogen (secondary N) is 1. The van der Waals surface area contributed by atoms with Crippen molar-refractivity contribution in [2.75, 3.05) is 19.7 Å². The van der Waals surface area contributed by atoms with Crippen LogP contribution in [-0.4, -0.2) is 38.3 Å². The van der Waals surface area contributed by atoms with E-state index in [9.17, 15) is 13.2 Å². The molecule has 0 spiro atoms. The van der Waals surface area contributed by atoms with E-state index >= 15 is 0 Å². The molecule has 184 valence electrons. The number of carbonyl (C=O) groups excluding carboxylic acids is 1. The van der Waals surface area contributed by atoms with E-state index in [-0.39, 0.29) is 17.4 Å². The summed E-state index contributed by atoms with van der Waals surface area (Å²) in [6.07, 6.45) is 2.87. The van der Waals surface area contributed by atoms with E-state index < -0.39 is 10.0 Å². The Morgan fingerprint density at radius 2 is 1.40 bits per heavy atom. The van der Waals surface area contributed by atoms with Crippen molar-refractivity contribution in [3.05, 3.63) is 90.0 Å². The first-order valence-electron chi connectivity index (χ1n) is 11.8. The van der Waals surface area contributed by atoms with Crippen LogP contribution in [0.2, 0.25) is 0 Å². The Labute approximate surface area is 206 Å². The SMILES string of the molecule is O=C(COc1ccc(OCc2ccccc2)cc1)NCc1ccc(S(=O)(=O)N2CCCCC2)cc1. The van der Waals surface area contributed by atoms with Gasteiger partial charge < -0.3 is 14.8 Å². The molecule has 0 saturated carbocycles. The highest BCUT2D eigenvalue weighted by atomic mass is 32.2. The number of carbonyl (C=O) groups is 1. The Hall–Kier alpha value is -3.36. The molecule has 0 aliphatic carbocycles. The topological polar surface area (TPSA) is 84.9 Å². The van der Waals surface area contributed by atoms with Gasteiger partial charge in [0.1, 0.15) is 18.1 Å². The predicted molar refractivity (Wildman–Crippen MR) is 134 cm³/mol. The quantitative estimate of drug-likeness (QED) is 0.458. The van der Waals surface area contributed by atoms with Gasteiger partial charge in [-0.2, -0.15) is 4.31 Å². The lowest BCUT2D eigenvalue weighted by molar-refractivity contribution is -0.123. The van der Waals surface area contributed by atoms with Crippen molar-refractivity contribution in [3.63, 3.8) is 0 Å². The third-order valence-corrected chi connectivity index (χ3v) is 7.72. The van der Waals surface area contributed by atoms with E-state index in [2.05, 4.69) is 5.32 Å². The molecule has 1 heterocycles. The fourth-order valence-corrected chi connectivity index (χ4v) is 5.32. The summed E-state index contributed by atoms with van der Waals surface area (Å²) < 4.78 is 38.3. The summed E-state index contributed by atoms with van der Waals surface area (Å²) in [6, 6.07) is 23.7. The van der Waals surface area contributed by atoms with Crippen LogP contribution in [0.25, 0.3) is 0 Å². The third-order valence-electron chi connectivity index (χ3n) is 5.81. The molecule has 0 unspecified atom stereocenters. The minimum Gasteiger partial charge on any atom is -0.489 e. The van der Waals surface area contributed by atoms with Gasteiger partial charge in [0, 0.05) is 19.6 Å². The van der Waals surface area contributed by atoms with Crippen molar-refractivity contribution >= 4 is 15.9 Å². The summed E-state index contributed by atoms with van der Waals surface area (Å²) in [7, 11) is -3.45. The van der Waals surface area contributed by atoms with Crippen LogP contribution >= 0.6 is 0 Å². The minimum atomic E-state index is -3.45. The molecule has 0 radical (unpaired) electrons. The van der Waals surface area contributed by atoms with Gasteiger partial charge in [-0.25, -0.2) is 8.42 Å². The van der Waals surface area contributed by atoms with E-state index in [1.54, 1.807) is 52.8 Å². The molecule has 1 aliphatic heterocycles. The molecular formula is C27H30N2O5S. The average molecular weight is 495 g/mol. The maximum Gasteiger partial charge on any atom is 0.258 e. The molecule has 35 heavy (non-hydrogen) atoms. The fourth-order valence-electron chi connectivity index (χ4n) is 3.81. The zero-order valence-electron chi connectivity index (χ0n) is 19.6. The second kappa shape index (κ2) is 11.9. The van der Waals surface area contributed by atoms with Crippen molar-refractivity contribution in [2.45, 2.75) is 37.3 Å². The predicted octanol–water partition coefficient (Wildman–Crippen LogP) is 4.14.